The topological polar surface area (TPSA) is 63.7 Å². The van der Waals surface area contributed by atoms with Gasteiger partial charge in [-0.25, -0.2) is 0 Å². The van der Waals surface area contributed by atoms with Crippen LogP contribution in [0.4, 0.5) is 0 Å². The third-order valence-corrected chi connectivity index (χ3v) is 4.51. The smallest absolute Gasteiger partial charge is 0.307 e. The zero-order valence-electron chi connectivity index (χ0n) is 13.6. The summed E-state index contributed by atoms with van der Waals surface area (Å²) in [5.74, 6) is -1.17. The first-order chi connectivity index (χ1) is 12.0. The number of carbonyl (C=O) groups is 3. The van der Waals surface area contributed by atoms with Crippen LogP contribution in [-0.2, 0) is 16.1 Å². The average Bonchev–Trinajstić information content (AvgIpc) is 2.83. The number of halogens is 1. The third-order valence-electron chi connectivity index (χ3n) is 3.98. The van der Waals surface area contributed by atoms with E-state index in [0.717, 1.165) is 20.5 Å². The number of hydrogen-bond acceptors (Lipinski definition) is 4. The monoisotopic (exact) mass is 401 g/mol. The van der Waals surface area contributed by atoms with Gasteiger partial charge < -0.3 is 4.74 Å². The Labute approximate surface area is 153 Å². The molecule has 0 aliphatic carbocycles. The van der Waals surface area contributed by atoms with E-state index in [1.807, 2.05) is 31.2 Å². The van der Waals surface area contributed by atoms with Crippen molar-refractivity contribution in [2.24, 2.45) is 0 Å². The van der Waals surface area contributed by atoms with Gasteiger partial charge in [0.05, 0.1) is 17.5 Å². The lowest BCUT2D eigenvalue weighted by atomic mass is 10.1. The standard InChI is InChI=1S/C19H16BrNO4/c1-12-2-7-15-16(10-12)19(24)21(18(15)23)9-8-17(22)25-11-13-3-5-14(20)6-4-13/h2-7,10H,8-9,11H2,1H3. The molecule has 2 aromatic carbocycles. The molecule has 0 aromatic heterocycles. The number of benzene rings is 2. The molecule has 1 heterocycles. The Bertz CT molecular complexity index is 845. The maximum Gasteiger partial charge on any atom is 0.307 e. The first-order valence-corrected chi connectivity index (χ1v) is 8.62. The molecule has 2 amide bonds. The fraction of sp³-hybridized carbons (Fsp3) is 0.211. The van der Waals surface area contributed by atoms with Crippen LogP contribution >= 0.6 is 15.9 Å². The number of aryl methyl sites for hydroxylation is 1. The molecule has 0 unspecified atom stereocenters. The van der Waals surface area contributed by atoms with Crippen molar-refractivity contribution in [3.8, 4) is 0 Å². The largest absolute Gasteiger partial charge is 0.461 e. The van der Waals surface area contributed by atoms with Crippen LogP contribution in [0.1, 0.15) is 38.3 Å². The van der Waals surface area contributed by atoms with E-state index in [9.17, 15) is 14.4 Å². The molecule has 1 aliphatic rings. The zero-order valence-corrected chi connectivity index (χ0v) is 15.2. The molecule has 0 fully saturated rings. The van der Waals surface area contributed by atoms with E-state index in [0.29, 0.717) is 11.1 Å². The van der Waals surface area contributed by atoms with Gasteiger partial charge in [-0.15, -0.1) is 0 Å². The van der Waals surface area contributed by atoms with Gasteiger partial charge in [0, 0.05) is 11.0 Å². The fourth-order valence-corrected chi connectivity index (χ4v) is 2.89. The van der Waals surface area contributed by atoms with Crippen molar-refractivity contribution in [2.45, 2.75) is 20.0 Å². The number of carbonyl (C=O) groups excluding carboxylic acids is 3. The number of rotatable bonds is 5. The second-order valence-corrected chi connectivity index (χ2v) is 6.76. The zero-order chi connectivity index (χ0) is 18.0. The Balaban J connectivity index is 1.55. The highest BCUT2D eigenvalue weighted by molar-refractivity contribution is 9.10. The highest BCUT2D eigenvalue weighted by Crippen LogP contribution is 2.24. The lowest BCUT2D eigenvalue weighted by molar-refractivity contribution is -0.145. The molecule has 25 heavy (non-hydrogen) atoms. The lowest BCUT2D eigenvalue weighted by Gasteiger charge is -2.13. The Morgan fingerprint density at radius 3 is 2.44 bits per heavy atom. The second kappa shape index (κ2) is 7.19. The minimum atomic E-state index is -0.448. The molecular weight excluding hydrogens is 386 g/mol. The molecule has 0 radical (unpaired) electrons. The van der Waals surface area contributed by atoms with Crippen molar-refractivity contribution in [3.05, 3.63) is 69.2 Å². The number of hydrogen-bond donors (Lipinski definition) is 0. The van der Waals surface area contributed by atoms with Gasteiger partial charge in [-0.1, -0.05) is 39.7 Å². The summed E-state index contributed by atoms with van der Waals surface area (Å²) in [7, 11) is 0. The van der Waals surface area contributed by atoms with E-state index in [4.69, 9.17) is 4.74 Å². The van der Waals surface area contributed by atoms with Crippen LogP contribution in [-0.4, -0.2) is 29.2 Å². The van der Waals surface area contributed by atoms with Crippen LogP contribution in [0.5, 0.6) is 0 Å². The molecule has 3 rings (SSSR count). The van der Waals surface area contributed by atoms with Gasteiger partial charge >= 0.3 is 5.97 Å². The van der Waals surface area contributed by atoms with Gasteiger partial charge in [0.15, 0.2) is 0 Å². The molecule has 6 heteroatoms. The number of ether oxygens (including phenoxy) is 1. The molecule has 5 nitrogen and oxygen atoms in total. The third kappa shape index (κ3) is 3.79. The lowest BCUT2D eigenvalue weighted by Crippen LogP contribution is -2.32. The normalized spacial score (nSPS) is 13.1. The second-order valence-electron chi connectivity index (χ2n) is 5.85. The molecule has 0 bridgehead atoms. The number of nitrogens with zero attached hydrogens (tertiary/aromatic N) is 1. The molecule has 0 atom stereocenters. The maximum absolute atomic E-state index is 12.3. The summed E-state index contributed by atoms with van der Waals surface area (Å²) >= 11 is 3.34. The fourth-order valence-electron chi connectivity index (χ4n) is 2.63. The first-order valence-electron chi connectivity index (χ1n) is 7.82. The summed E-state index contributed by atoms with van der Waals surface area (Å²) in [5.41, 5.74) is 2.57. The van der Waals surface area contributed by atoms with E-state index < -0.39 is 5.97 Å². The summed E-state index contributed by atoms with van der Waals surface area (Å²) in [4.78, 5) is 37.6. The maximum atomic E-state index is 12.3. The minimum absolute atomic E-state index is 0.0184. The van der Waals surface area contributed by atoms with Gasteiger partial charge in [0.1, 0.15) is 6.61 Å². The van der Waals surface area contributed by atoms with Gasteiger partial charge in [0.2, 0.25) is 0 Å². The predicted octanol–water partition coefficient (Wildman–Crippen LogP) is 3.49. The number of imide groups is 1. The van der Waals surface area contributed by atoms with Crippen molar-refractivity contribution >= 4 is 33.7 Å². The SMILES string of the molecule is Cc1ccc2c(c1)C(=O)N(CCC(=O)OCc1ccc(Br)cc1)C2=O. The van der Waals surface area contributed by atoms with Gasteiger partial charge in [-0.05, 0) is 36.8 Å². The molecule has 0 spiro atoms. The van der Waals surface area contributed by atoms with Gasteiger partial charge in [0.25, 0.3) is 11.8 Å². The molecule has 2 aromatic rings. The average molecular weight is 402 g/mol. The summed E-state index contributed by atoms with van der Waals surface area (Å²) in [6, 6.07) is 12.6. The quantitative estimate of drug-likeness (QED) is 0.568. The summed E-state index contributed by atoms with van der Waals surface area (Å²) in [6.07, 6.45) is -0.0268. The Hall–Kier alpha value is -2.47. The van der Waals surface area contributed by atoms with E-state index in [1.165, 1.54) is 0 Å². The van der Waals surface area contributed by atoms with Crippen LogP contribution in [0.2, 0.25) is 0 Å². The van der Waals surface area contributed by atoms with Crippen molar-refractivity contribution in [2.75, 3.05) is 6.54 Å². The Morgan fingerprint density at radius 2 is 1.72 bits per heavy atom. The number of esters is 1. The van der Waals surface area contributed by atoms with E-state index in [1.54, 1.807) is 18.2 Å². The molecule has 1 aliphatic heterocycles. The summed E-state index contributed by atoms with van der Waals surface area (Å²) in [6.45, 7) is 2.04. The van der Waals surface area contributed by atoms with Gasteiger partial charge in [-0.3, -0.25) is 19.3 Å². The highest BCUT2D eigenvalue weighted by Gasteiger charge is 2.35. The minimum Gasteiger partial charge on any atom is -0.461 e. The predicted molar refractivity (Wildman–Crippen MR) is 95.1 cm³/mol. The Morgan fingerprint density at radius 1 is 1.04 bits per heavy atom. The van der Waals surface area contributed by atoms with Crippen LogP contribution in [0.25, 0.3) is 0 Å². The summed E-state index contributed by atoms with van der Waals surface area (Å²) in [5, 5.41) is 0. The Kier molecular flexibility index (Phi) is 4.99. The highest BCUT2D eigenvalue weighted by atomic mass is 79.9. The van der Waals surface area contributed by atoms with Crippen molar-refractivity contribution in [3.63, 3.8) is 0 Å². The van der Waals surface area contributed by atoms with Crippen LogP contribution < -0.4 is 0 Å². The van der Waals surface area contributed by atoms with E-state index in [2.05, 4.69) is 15.9 Å². The van der Waals surface area contributed by atoms with E-state index in [-0.39, 0.29) is 31.4 Å². The first kappa shape index (κ1) is 17.4. The van der Waals surface area contributed by atoms with Crippen molar-refractivity contribution < 1.29 is 19.1 Å². The molecule has 0 saturated carbocycles. The molecule has 128 valence electrons. The number of amides is 2. The molecular formula is C19H16BrNO4. The van der Waals surface area contributed by atoms with Crippen LogP contribution in [0, 0.1) is 6.92 Å². The molecule has 0 N–H and O–H groups in total. The van der Waals surface area contributed by atoms with Crippen LogP contribution in [0.15, 0.2) is 46.9 Å². The molecule has 0 saturated heterocycles. The van der Waals surface area contributed by atoms with Crippen LogP contribution in [0.3, 0.4) is 0 Å². The van der Waals surface area contributed by atoms with Crippen molar-refractivity contribution in [1.82, 2.24) is 4.90 Å². The number of fused-ring (bicyclic) bond motifs is 1. The van der Waals surface area contributed by atoms with E-state index >= 15 is 0 Å². The van der Waals surface area contributed by atoms with Crippen molar-refractivity contribution in [1.29, 1.82) is 0 Å². The van der Waals surface area contributed by atoms with Gasteiger partial charge in [-0.2, -0.15) is 0 Å². The summed E-state index contributed by atoms with van der Waals surface area (Å²) < 4.78 is 6.14.